The maximum Gasteiger partial charge on any atom is 0.275 e. The molecule has 1 saturated heterocycles. The van der Waals surface area contributed by atoms with Crippen LogP contribution in [0.5, 0.6) is 0 Å². The summed E-state index contributed by atoms with van der Waals surface area (Å²) in [6, 6.07) is 12.7. The second-order valence-electron chi connectivity index (χ2n) is 7.68. The van der Waals surface area contributed by atoms with Gasteiger partial charge in [-0.25, -0.2) is 4.68 Å². The van der Waals surface area contributed by atoms with E-state index in [9.17, 15) is 14.4 Å². The molecule has 0 atom stereocenters. The van der Waals surface area contributed by atoms with Crippen LogP contribution in [0.3, 0.4) is 0 Å². The normalized spacial score (nSPS) is 13.4. The average molecular weight is 419 g/mol. The summed E-state index contributed by atoms with van der Waals surface area (Å²) < 4.78 is 1.04. The van der Waals surface area contributed by atoms with Gasteiger partial charge in [0, 0.05) is 36.9 Å². The summed E-state index contributed by atoms with van der Waals surface area (Å²) in [5.74, 6) is -0.802. The number of anilines is 2. The van der Waals surface area contributed by atoms with Gasteiger partial charge in [-0.3, -0.25) is 14.4 Å². The molecule has 0 unspecified atom stereocenters. The zero-order chi connectivity index (χ0) is 22.0. The monoisotopic (exact) mass is 419 g/mol. The Labute approximate surface area is 179 Å². The van der Waals surface area contributed by atoms with E-state index in [1.54, 1.807) is 24.3 Å². The van der Waals surface area contributed by atoms with Crippen molar-refractivity contribution in [1.29, 1.82) is 0 Å². The number of hydrogen-bond donors (Lipinski definition) is 2. The molecule has 1 aliphatic heterocycles. The zero-order valence-corrected chi connectivity index (χ0v) is 17.6. The Kier molecular flexibility index (Phi) is 5.70. The maximum absolute atomic E-state index is 12.8. The number of rotatable bonds is 5. The number of nitrogens with zero attached hydrogens (tertiary/aromatic N) is 3. The van der Waals surface area contributed by atoms with Crippen LogP contribution < -0.4 is 21.1 Å². The highest BCUT2D eigenvalue weighted by atomic mass is 16.2. The Morgan fingerprint density at radius 1 is 1.06 bits per heavy atom. The predicted octanol–water partition coefficient (Wildman–Crippen LogP) is 2.30. The first-order valence-electron chi connectivity index (χ1n) is 10.4. The molecule has 4 rings (SSSR count). The van der Waals surface area contributed by atoms with Crippen LogP contribution in [0, 0.1) is 6.92 Å². The van der Waals surface area contributed by atoms with E-state index in [0.29, 0.717) is 16.5 Å². The minimum absolute atomic E-state index is 0.108. The number of hydrogen-bond acceptors (Lipinski definition) is 5. The van der Waals surface area contributed by atoms with Crippen molar-refractivity contribution in [2.75, 3.05) is 30.4 Å². The van der Waals surface area contributed by atoms with E-state index in [0.717, 1.165) is 29.0 Å². The molecule has 0 spiro atoms. The van der Waals surface area contributed by atoms with Crippen LogP contribution in [-0.2, 0) is 11.3 Å². The van der Waals surface area contributed by atoms with E-state index in [2.05, 4.69) is 26.7 Å². The predicted molar refractivity (Wildman–Crippen MR) is 121 cm³/mol. The molecule has 1 aromatic heterocycles. The number of fused-ring (bicyclic) bond motifs is 1. The fraction of sp³-hybridized carbons (Fsp3) is 0.304. The zero-order valence-electron chi connectivity index (χ0n) is 17.6. The molecule has 2 N–H and O–H groups in total. The van der Waals surface area contributed by atoms with Crippen molar-refractivity contribution >= 4 is 34.0 Å². The molecule has 2 heterocycles. The quantitative estimate of drug-likeness (QED) is 0.662. The molecule has 8 nitrogen and oxygen atoms in total. The Hall–Kier alpha value is -3.68. The van der Waals surface area contributed by atoms with Gasteiger partial charge in [-0.1, -0.05) is 18.2 Å². The molecule has 0 saturated carbocycles. The van der Waals surface area contributed by atoms with Gasteiger partial charge in [0.05, 0.1) is 5.39 Å². The SMILES string of the molecule is CNC(=O)c1nn(CC(=O)Nc2ccc(N3CCCC3)cc2C)c(=O)c2ccccc12. The first-order chi connectivity index (χ1) is 15.0. The molecular weight excluding hydrogens is 394 g/mol. The minimum Gasteiger partial charge on any atom is -0.372 e. The second-order valence-corrected chi connectivity index (χ2v) is 7.68. The van der Waals surface area contributed by atoms with E-state index < -0.39 is 11.5 Å². The Bertz CT molecular complexity index is 1210. The van der Waals surface area contributed by atoms with Crippen molar-refractivity contribution in [3.05, 3.63) is 64.1 Å². The Balaban J connectivity index is 1.58. The van der Waals surface area contributed by atoms with Gasteiger partial charge >= 0.3 is 0 Å². The lowest BCUT2D eigenvalue weighted by Gasteiger charge is -2.19. The van der Waals surface area contributed by atoms with Crippen molar-refractivity contribution in [3.8, 4) is 0 Å². The lowest BCUT2D eigenvalue weighted by molar-refractivity contribution is -0.117. The van der Waals surface area contributed by atoms with Gasteiger partial charge in [0.2, 0.25) is 5.91 Å². The Morgan fingerprint density at radius 2 is 1.77 bits per heavy atom. The fourth-order valence-electron chi connectivity index (χ4n) is 3.91. The van der Waals surface area contributed by atoms with E-state index in [1.807, 2.05) is 19.1 Å². The largest absolute Gasteiger partial charge is 0.372 e. The first kappa shape index (κ1) is 20.6. The minimum atomic E-state index is -0.418. The lowest BCUT2D eigenvalue weighted by atomic mass is 10.1. The molecule has 2 amide bonds. The molecule has 31 heavy (non-hydrogen) atoms. The van der Waals surface area contributed by atoms with Crippen molar-refractivity contribution < 1.29 is 9.59 Å². The molecule has 160 valence electrons. The molecule has 1 fully saturated rings. The molecule has 1 aliphatic rings. The number of benzene rings is 2. The smallest absolute Gasteiger partial charge is 0.275 e. The number of nitrogens with one attached hydrogen (secondary N) is 2. The highest BCUT2D eigenvalue weighted by molar-refractivity contribution is 6.04. The molecule has 0 aliphatic carbocycles. The molecule has 0 bridgehead atoms. The number of carbonyl (C=O) groups is 2. The Morgan fingerprint density at radius 3 is 2.45 bits per heavy atom. The molecule has 2 aromatic carbocycles. The van der Waals surface area contributed by atoms with E-state index in [1.165, 1.54) is 19.9 Å². The van der Waals surface area contributed by atoms with Gasteiger partial charge in [-0.2, -0.15) is 5.10 Å². The van der Waals surface area contributed by atoms with Crippen molar-refractivity contribution in [2.45, 2.75) is 26.3 Å². The topological polar surface area (TPSA) is 96.3 Å². The number of amides is 2. The number of aryl methyl sites for hydroxylation is 1. The van der Waals surface area contributed by atoms with Gasteiger partial charge in [-0.15, -0.1) is 0 Å². The molecule has 0 radical (unpaired) electrons. The van der Waals surface area contributed by atoms with Gasteiger partial charge in [0.25, 0.3) is 11.5 Å². The van der Waals surface area contributed by atoms with Crippen molar-refractivity contribution in [3.63, 3.8) is 0 Å². The second kappa shape index (κ2) is 8.59. The van der Waals surface area contributed by atoms with Gasteiger partial charge in [0.15, 0.2) is 5.69 Å². The number of aromatic nitrogens is 2. The third-order valence-corrected chi connectivity index (χ3v) is 5.56. The lowest BCUT2D eigenvalue weighted by Crippen LogP contribution is -2.33. The van der Waals surface area contributed by atoms with E-state index in [4.69, 9.17) is 0 Å². The van der Waals surface area contributed by atoms with Crippen LogP contribution >= 0.6 is 0 Å². The average Bonchev–Trinajstić information content (AvgIpc) is 3.31. The summed E-state index contributed by atoms with van der Waals surface area (Å²) >= 11 is 0. The van der Waals surface area contributed by atoms with Gasteiger partial charge in [0.1, 0.15) is 6.54 Å². The third kappa shape index (κ3) is 4.14. The maximum atomic E-state index is 12.8. The third-order valence-electron chi connectivity index (χ3n) is 5.56. The standard InChI is InChI=1S/C23H25N5O3/c1-15-13-16(27-11-5-6-12-27)9-10-19(15)25-20(29)14-28-23(31)18-8-4-3-7-17(18)21(26-28)22(30)24-2/h3-4,7-10,13H,5-6,11-12,14H2,1-2H3,(H,24,30)(H,25,29). The summed E-state index contributed by atoms with van der Waals surface area (Å²) in [6.45, 7) is 3.75. The van der Waals surface area contributed by atoms with Crippen LogP contribution in [-0.4, -0.2) is 41.7 Å². The van der Waals surface area contributed by atoms with Crippen LogP contribution in [0.2, 0.25) is 0 Å². The first-order valence-corrected chi connectivity index (χ1v) is 10.4. The molecule has 3 aromatic rings. The van der Waals surface area contributed by atoms with Crippen LogP contribution in [0.4, 0.5) is 11.4 Å². The molecule has 8 heteroatoms. The van der Waals surface area contributed by atoms with E-state index in [-0.39, 0.29) is 18.1 Å². The highest BCUT2D eigenvalue weighted by Crippen LogP contribution is 2.25. The summed E-state index contributed by atoms with van der Waals surface area (Å²) in [5.41, 5.74) is 2.47. The van der Waals surface area contributed by atoms with Crippen molar-refractivity contribution in [1.82, 2.24) is 15.1 Å². The molecular formula is C23H25N5O3. The van der Waals surface area contributed by atoms with Crippen LogP contribution in [0.25, 0.3) is 10.8 Å². The van der Waals surface area contributed by atoms with Gasteiger partial charge in [-0.05, 0) is 49.6 Å². The van der Waals surface area contributed by atoms with Gasteiger partial charge < -0.3 is 15.5 Å². The van der Waals surface area contributed by atoms with Crippen LogP contribution in [0.15, 0.2) is 47.3 Å². The highest BCUT2D eigenvalue weighted by Gasteiger charge is 2.18. The summed E-state index contributed by atoms with van der Waals surface area (Å²) in [4.78, 5) is 40.1. The number of carbonyl (C=O) groups excluding carboxylic acids is 2. The summed E-state index contributed by atoms with van der Waals surface area (Å²) in [6.07, 6.45) is 2.40. The fourth-order valence-corrected chi connectivity index (χ4v) is 3.91. The van der Waals surface area contributed by atoms with E-state index >= 15 is 0 Å². The van der Waals surface area contributed by atoms with Crippen LogP contribution in [0.1, 0.15) is 28.9 Å². The van der Waals surface area contributed by atoms with Crippen molar-refractivity contribution in [2.24, 2.45) is 0 Å². The summed E-state index contributed by atoms with van der Waals surface area (Å²) in [5, 5.41) is 10.3. The summed E-state index contributed by atoms with van der Waals surface area (Å²) in [7, 11) is 1.50.